The predicted molar refractivity (Wildman–Crippen MR) is 107 cm³/mol. The average molecular weight is 374 g/mol. The third-order valence-electron chi connectivity index (χ3n) is 6.65. The molecule has 5 rings (SSSR count). The van der Waals surface area contributed by atoms with E-state index in [1.807, 2.05) is 18.3 Å². The van der Waals surface area contributed by atoms with Gasteiger partial charge in [0.25, 0.3) is 0 Å². The molecular formula is C23H26N4O. The molecular weight excluding hydrogens is 348 g/mol. The van der Waals surface area contributed by atoms with E-state index in [0.717, 1.165) is 55.0 Å². The molecule has 0 spiro atoms. The second-order valence-corrected chi connectivity index (χ2v) is 8.51. The lowest BCUT2D eigenvalue weighted by molar-refractivity contribution is -0.137. The van der Waals surface area contributed by atoms with Crippen molar-refractivity contribution in [1.29, 1.82) is 0 Å². The summed E-state index contributed by atoms with van der Waals surface area (Å²) < 4.78 is 0. The number of rotatable bonds is 3. The van der Waals surface area contributed by atoms with Crippen molar-refractivity contribution in [3.63, 3.8) is 0 Å². The van der Waals surface area contributed by atoms with Gasteiger partial charge in [-0.1, -0.05) is 12.2 Å². The molecule has 2 aromatic heterocycles. The van der Waals surface area contributed by atoms with Gasteiger partial charge in [0.2, 0.25) is 5.91 Å². The first-order valence-corrected chi connectivity index (χ1v) is 10.4. The summed E-state index contributed by atoms with van der Waals surface area (Å²) >= 11 is 0. The minimum absolute atomic E-state index is 0.200. The van der Waals surface area contributed by atoms with Crippen LogP contribution in [0.25, 0.3) is 11.4 Å². The van der Waals surface area contributed by atoms with Gasteiger partial charge < -0.3 is 4.90 Å². The van der Waals surface area contributed by atoms with Gasteiger partial charge in [-0.3, -0.25) is 9.78 Å². The maximum Gasteiger partial charge on any atom is 0.226 e. The van der Waals surface area contributed by atoms with Crippen LogP contribution in [-0.2, 0) is 4.79 Å². The quantitative estimate of drug-likeness (QED) is 0.768. The first kappa shape index (κ1) is 17.5. The Labute approximate surface area is 165 Å². The molecule has 1 amide bonds. The van der Waals surface area contributed by atoms with Crippen LogP contribution in [0.2, 0.25) is 0 Å². The number of hydrogen-bond acceptors (Lipinski definition) is 4. The highest BCUT2D eigenvalue weighted by Crippen LogP contribution is 2.44. The van der Waals surface area contributed by atoms with Crippen molar-refractivity contribution in [3.05, 3.63) is 54.1 Å². The van der Waals surface area contributed by atoms with Gasteiger partial charge in [-0.05, 0) is 62.1 Å². The largest absolute Gasteiger partial charge is 0.342 e. The van der Waals surface area contributed by atoms with E-state index in [1.165, 1.54) is 6.42 Å². The molecule has 1 aliphatic heterocycles. The van der Waals surface area contributed by atoms with E-state index in [1.54, 1.807) is 12.4 Å². The maximum atomic E-state index is 13.2. The maximum absolute atomic E-state index is 13.2. The summed E-state index contributed by atoms with van der Waals surface area (Å²) in [5.41, 5.74) is 3.12. The Kier molecular flexibility index (Phi) is 4.46. The Morgan fingerprint density at radius 1 is 1.21 bits per heavy atom. The fourth-order valence-electron chi connectivity index (χ4n) is 5.20. The molecule has 3 heterocycles. The smallest absolute Gasteiger partial charge is 0.226 e. The van der Waals surface area contributed by atoms with E-state index >= 15 is 0 Å². The van der Waals surface area contributed by atoms with Crippen LogP contribution in [0.4, 0.5) is 0 Å². The lowest BCUT2D eigenvalue weighted by Gasteiger charge is -2.35. The van der Waals surface area contributed by atoms with Crippen LogP contribution in [0.1, 0.15) is 42.9 Å². The topological polar surface area (TPSA) is 59.0 Å². The Morgan fingerprint density at radius 2 is 2.14 bits per heavy atom. The Morgan fingerprint density at radius 3 is 2.89 bits per heavy atom. The van der Waals surface area contributed by atoms with Gasteiger partial charge in [0.05, 0.1) is 5.69 Å². The lowest BCUT2D eigenvalue weighted by atomic mass is 9.88. The van der Waals surface area contributed by atoms with Gasteiger partial charge in [-0.25, -0.2) is 9.97 Å². The molecule has 1 saturated heterocycles. The fraction of sp³-hybridized carbons (Fsp3) is 0.478. The van der Waals surface area contributed by atoms with Crippen molar-refractivity contribution in [2.24, 2.45) is 17.8 Å². The zero-order valence-electron chi connectivity index (χ0n) is 16.3. The molecule has 5 heteroatoms. The van der Waals surface area contributed by atoms with E-state index in [4.69, 9.17) is 4.98 Å². The van der Waals surface area contributed by atoms with Crippen molar-refractivity contribution in [2.45, 2.75) is 38.5 Å². The fourth-order valence-corrected chi connectivity index (χ4v) is 5.20. The van der Waals surface area contributed by atoms with E-state index in [-0.39, 0.29) is 11.8 Å². The molecule has 2 bridgehead atoms. The number of hydrogen-bond donors (Lipinski definition) is 0. The van der Waals surface area contributed by atoms with Gasteiger partial charge in [0, 0.05) is 49.1 Å². The molecule has 5 nitrogen and oxygen atoms in total. The summed E-state index contributed by atoms with van der Waals surface area (Å²) in [6.45, 7) is 3.73. The van der Waals surface area contributed by atoms with Gasteiger partial charge in [0.15, 0.2) is 5.82 Å². The van der Waals surface area contributed by atoms with Crippen molar-refractivity contribution in [3.8, 4) is 11.4 Å². The second-order valence-electron chi connectivity index (χ2n) is 8.51. The van der Waals surface area contributed by atoms with E-state index < -0.39 is 0 Å². The summed E-state index contributed by atoms with van der Waals surface area (Å²) in [4.78, 5) is 28.9. The predicted octanol–water partition coefficient (Wildman–Crippen LogP) is 3.77. The molecule has 2 aromatic rings. The molecule has 2 aliphatic carbocycles. The number of piperidine rings is 1. The molecule has 1 unspecified atom stereocenters. The van der Waals surface area contributed by atoms with Crippen LogP contribution in [-0.4, -0.2) is 38.8 Å². The number of likely N-dealkylation sites (tertiary alicyclic amines) is 1. The first-order chi connectivity index (χ1) is 13.7. The van der Waals surface area contributed by atoms with Crippen LogP contribution < -0.4 is 0 Å². The summed E-state index contributed by atoms with van der Waals surface area (Å²) in [5, 5.41) is 0. The third-order valence-corrected chi connectivity index (χ3v) is 6.65. The number of carbonyl (C=O) groups excluding carboxylic acids is 1. The molecule has 28 heavy (non-hydrogen) atoms. The first-order valence-electron chi connectivity index (χ1n) is 10.4. The number of allylic oxidation sites excluding steroid dienone is 2. The normalized spacial score (nSPS) is 28.7. The molecule has 1 saturated carbocycles. The standard InChI is InChI=1S/C23H26N4O/c1-15-12-25-22(18-4-2-8-24-13-18)26-21(15)19-5-3-9-27(14-19)23(28)20-11-16-6-7-17(20)10-16/h2,4,6-8,12-13,16-17,19-20H,3,5,9-11,14H2,1H3/t16-,17+,19?,20+/m1/s1. The minimum Gasteiger partial charge on any atom is -0.342 e. The van der Waals surface area contributed by atoms with Gasteiger partial charge in [0.1, 0.15) is 0 Å². The number of aromatic nitrogens is 3. The Bertz CT molecular complexity index is 910. The summed E-state index contributed by atoms with van der Waals surface area (Å²) in [6, 6.07) is 3.89. The van der Waals surface area contributed by atoms with Gasteiger partial charge in [-0.2, -0.15) is 0 Å². The second kappa shape index (κ2) is 7.12. The summed E-state index contributed by atoms with van der Waals surface area (Å²) in [7, 11) is 0. The molecule has 2 fully saturated rings. The SMILES string of the molecule is Cc1cnc(-c2cccnc2)nc1C1CCCN(C(=O)[C@H]2C[C@@H]3C=C[C@H]2C3)C1. The number of fused-ring (bicyclic) bond motifs is 2. The Balaban J connectivity index is 1.36. The Hall–Kier alpha value is -2.56. The number of amides is 1. The number of carbonyl (C=O) groups is 1. The van der Waals surface area contributed by atoms with Crippen LogP contribution in [0.5, 0.6) is 0 Å². The summed E-state index contributed by atoms with van der Waals surface area (Å²) in [5.74, 6) is 2.66. The average Bonchev–Trinajstić information content (AvgIpc) is 3.38. The zero-order valence-corrected chi connectivity index (χ0v) is 16.3. The molecule has 0 N–H and O–H groups in total. The van der Waals surface area contributed by atoms with Crippen molar-refractivity contribution >= 4 is 5.91 Å². The number of nitrogens with zero attached hydrogens (tertiary/aromatic N) is 4. The van der Waals surface area contributed by atoms with Crippen LogP contribution in [0.3, 0.4) is 0 Å². The molecule has 3 aliphatic rings. The highest BCUT2D eigenvalue weighted by Gasteiger charge is 2.42. The lowest BCUT2D eigenvalue weighted by Crippen LogP contribution is -2.43. The van der Waals surface area contributed by atoms with Crippen molar-refractivity contribution in [1.82, 2.24) is 19.9 Å². The van der Waals surface area contributed by atoms with Crippen LogP contribution in [0, 0.1) is 24.7 Å². The van der Waals surface area contributed by atoms with Crippen molar-refractivity contribution < 1.29 is 4.79 Å². The van der Waals surface area contributed by atoms with Gasteiger partial charge >= 0.3 is 0 Å². The van der Waals surface area contributed by atoms with Gasteiger partial charge in [-0.15, -0.1) is 0 Å². The van der Waals surface area contributed by atoms with E-state index in [0.29, 0.717) is 17.7 Å². The summed E-state index contributed by atoms with van der Waals surface area (Å²) in [6.07, 6.45) is 14.4. The monoisotopic (exact) mass is 374 g/mol. The highest BCUT2D eigenvalue weighted by atomic mass is 16.2. The van der Waals surface area contributed by atoms with E-state index in [2.05, 4.69) is 33.9 Å². The molecule has 4 atom stereocenters. The molecule has 0 radical (unpaired) electrons. The number of aryl methyl sites for hydroxylation is 1. The van der Waals surface area contributed by atoms with Crippen LogP contribution in [0.15, 0.2) is 42.9 Å². The molecule has 144 valence electrons. The minimum atomic E-state index is 0.200. The third kappa shape index (κ3) is 3.13. The highest BCUT2D eigenvalue weighted by molar-refractivity contribution is 5.80. The van der Waals surface area contributed by atoms with Crippen molar-refractivity contribution in [2.75, 3.05) is 13.1 Å². The van der Waals surface area contributed by atoms with Crippen LogP contribution >= 0.6 is 0 Å². The van der Waals surface area contributed by atoms with E-state index in [9.17, 15) is 4.79 Å². The number of pyridine rings is 1. The zero-order chi connectivity index (χ0) is 19.1. The molecule has 0 aromatic carbocycles.